The average Bonchev–Trinajstić information content (AvgIpc) is 3.03. The van der Waals surface area contributed by atoms with E-state index in [0.717, 1.165) is 0 Å². The van der Waals surface area contributed by atoms with Crippen molar-refractivity contribution in [1.29, 1.82) is 0 Å². The van der Waals surface area contributed by atoms with Crippen molar-refractivity contribution in [3.05, 3.63) is 48.0 Å². The smallest absolute Gasteiger partial charge is 0.227 e. The summed E-state index contributed by atoms with van der Waals surface area (Å²) in [6.45, 7) is 0.974. The van der Waals surface area contributed by atoms with E-state index in [4.69, 9.17) is 0 Å². The van der Waals surface area contributed by atoms with E-state index in [1.54, 1.807) is 29.1 Å². The van der Waals surface area contributed by atoms with Gasteiger partial charge in [0.1, 0.15) is 5.82 Å². The van der Waals surface area contributed by atoms with Gasteiger partial charge in [-0.2, -0.15) is 5.10 Å². The number of carbonyl (C=O) groups is 1. The standard InChI is InChI=1S/C17H21FN4O3S/c1-26(24,25)22-8-6-13(7-9-22)17(23)20-15-10-19-21(12-15)11-14-4-2-3-5-16(14)18/h2-5,10,12-13H,6-9,11H2,1H3,(H,20,23). The van der Waals surface area contributed by atoms with Crippen molar-refractivity contribution in [3.8, 4) is 0 Å². The molecular weight excluding hydrogens is 359 g/mol. The number of nitrogens with zero attached hydrogens (tertiary/aromatic N) is 3. The van der Waals surface area contributed by atoms with Crippen molar-refractivity contribution in [2.75, 3.05) is 24.7 Å². The van der Waals surface area contributed by atoms with Crippen LogP contribution in [0.1, 0.15) is 18.4 Å². The van der Waals surface area contributed by atoms with Gasteiger partial charge in [-0.1, -0.05) is 18.2 Å². The number of amides is 1. The number of rotatable bonds is 5. The molecule has 9 heteroatoms. The van der Waals surface area contributed by atoms with E-state index in [-0.39, 0.29) is 24.2 Å². The first-order valence-corrected chi connectivity index (χ1v) is 10.2. The lowest BCUT2D eigenvalue weighted by atomic mass is 9.97. The van der Waals surface area contributed by atoms with E-state index < -0.39 is 10.0 Å². The van der Waals surface area contributed by atoms with Gasteiger partial charge in [-0.3, -0.25) is 9.48 Å². The van der Waals surface area contributed by atoms with Gasteiger partial charge in [-0.05, 0) is 18.9 Å². The fourth-order valence-electron chi connectivity index (χ4n) is 3.01. The number of carbonyl (C=O) groups excluding carboxylic acids is 1. The highest BCUT2D eigenvalue weighted by molar-refractivity contribution is 7.88. The lowest BCUT2D eigenvalue weighted by Gasteiger charge is -2.29. The maximum Gasteiger partial charge on any atom is 0.227 e. The van der Waals surface area contributed by atoms with Gasteiger partial charge in [0.25, 0.3) is 0 Å². The Hall–Kier alpha value is -2.26. The molecule has 140 valence electrons. The van der Waals surface area contributed by atoms with Crippen LogP contribution in [0.15, 0.2) is 36.7 Å². The third-order valence-electron chi connectivity index (χ3n) is 4.48. The number of aromatic nitrogens is 2. The van der Waals surface area contributed by atoms with Gasteiger partial charge in [-0.15, -0.1) is 0 Å². The second-order valence-corrected chi connectivity index (χ2v) is 8.43. The van der Waals surface area contributed by atoms with Crippen molar-refractivity contribution in [1.82, 2.24) is 14.1 Å². The van der Waals surface area contributed by atoms with Crippen LogP contribution in [0.25, 0.3) is 0 Å². The topological polar surface area (TPSA) is 84.3 Å². The molecule has 1 N–H and O–H groups in total. The SMILES string of the molecule is CS(=O)(=O)N1CCC(C(=O)Nc2cnn(Cc3ccccc3F)c2)CC1. The highest BCUT2D eigenvalue weighted by Gasteiger charge is 2.29. The van der Waals surface area contributed by atoms with Crippen LogP contribution in [0.3, 0.4) is 0 Å². The number of benzene rings is 1. The zero-order valence-electron chi connectivity index (χ0n) is 14.4. The molecule has 0 aliphatic carbocycles. The molecule has 0 spiro atoms. The number of nitrogens with one attached hydrogen (secondary N) is 1. The first-order valence-electron chi connectivity index (χ1n) is 8.35. The van der Waals surface area contributed by atoms with Crippen molar-refractivity contribution in [3.63, 3.8) is 0 Å². The first-order chi connectivity index (χ1) is 12.3. The zero-order valence-corrected chi connectivity index (χ0v) is 15.2. The molecule has 1 aliphatic heterocycles. The summed E-state index contributed by atoms with van der Waals surface area (Å²) in [6.07, 6.45) is 5.32. The second-order valence-electron chi connectivity index (χ2n) is 6.44. The van der Waals surface area contributed by atoms with Crippen LogP contribution in [-0.4, -0.2) is 47.8 Å². The van der Waals surface area contributed by atoms with Gasteiger partial charge in [-0.25, -0.2) is 17.1 Å². The van der Waals surface area contributed by atoms with E-state index in [0.29, 0.717) is 37.2 Å². The highest BCUT2D eigenvalue weighted by atomic mass is 32.2. The Morgan fingerprint density at radius 2 is 2.00 bits per heavy atom. The molecule has 1 aromatic carbocycles. The van der Waals surface area contributed by atoms with Gasteiger partial charge in [0.15, 0.2) is 0 Å². The van der Waals surface area contributed by atoms with Crippen LogP contribution in [0.4, 0.5) is 10.1 Å². The van der Waals surface area contributed by atoms with E-state index >= 15 is 0 Å². The molecule has 1 saturated heterocycles. The third kappa shape index (κ3) is 4.47. The Labute approximate surface area is 151 Å². The molecule has 1 aromatic heterocycles. The summed E-state index contributed by atoms with van der Waals surface area (Å²) >= 11 is 0. The fraction of sp³-hybridized carbons (Fsp3) is 0.412. The zero-order chi connectivity index (χ0) is 18.7. The van der Waals surface area contributed by atoms with Crippen molar-refractivity contribution in [2.24, 2.45) is 5.92 Å². The molecule has 1 aliphatic rings. The molecule has 0 bridgehead atoms. The summed E-state index contributed by atoms with van der Waals surface area (Å²) in [5.74, 6) is -0.683. The molecule has 0 atom stereocenters. The van der Waals surface area contributed by atoms with Gasteiger partial charge >= 0.3 is 0 Å². The predicted octanol–water partition coefficient (Wildman–Crippen LogP) is 1.68. The highest BCUT2D eigenvalue weighted by Crippen LogP contribution is 2.21. The van der Waals surface area contributed by atoms with Gasteiger partial charge in [0.2, 0.25) is 15.9 Å². The lowest BCUT2D eigenvalue weighted by molar-refractivity contribution is -0.120. The molecule has 2 heterocycles. The molecule has 0 unspecified atom stereocenters. The van der Waals surface area contributed by atoms with Gasteiger partial charge in [0.05, 0.1) is 24.7 Å². The summed E-state index contributed by atoms with van der Waals surface area (Å²) in [5.41, 5.74) is 1.05. The van der Waals surface area contributed by atoms with Crippen molar-refractivity contribution >= 4 is 21.6 Å². The Morgan fingerprint density at radius 1 is 1.31 bits per heavy atom. The number of piperidine rings is 1. The Morgan fingerprint density at radius 3 is 2.65 bits per heavy atom. The number of hydrogen-bond acceptors (Lipinski definition) is 4. The van der Waals surface area contributed by atoms with E-state index in [1.165, 1.54) is 22.8 Å². The molecule has 1 amide bonds. The summed E-state index contributed by atoms with van der Waals surface area (Å²) < 4.78 is 39.7. The fourth-order valence-corrected chi connectivity index (χ4v) is 3.88. The number of hydrogen-bond donors (Lipinski definition) is 1. The quantitative estimate of drug-likeness (QED) is 0.855. The third-order valence-corrected chi connectivity index (χ3v) is 5.79. The Balaban J connectivity index is 1.56. The van der Waals surface area contributed by atoms with Crippen LogP contribution in [-0.2, 0) is 21.4 Å². The molecule has 7 nitrogen and oxygen atoms in total. The second kappa shape index (κ2) is 7.55. The van der Waals surface area contributed by atoms with E-state index in [2.05, 4.69) is 10.4 Å². The minimum Gasteiger partial charge on any atom is -0.323 e. The molecule has 0 radical (unpaired) electrons. The molecule has 26 heavy (non-hydrogen) atoms. The van der Waals surface area contributed by atoms with Crippen LogP contribution >= 0.6 is 0 Å². The summed E-state index contributed by atoms with van der Waals surface area (Å²) in [4.78, 5) is 12.4. The Bertz CT molecular complexity index is 889. The van der Waals surface area contributed by atoms with Gasteiger partial charge < -0.3 is 5.32 Å². The number of anilines is 1. The van der Waals surface area contributed by atoms with E-state index in [9.17, 15) is 17.6 Å². The normalized spacial score (nSPS) is 16.5. The minimum absolute atomic E-state index is 0.149. The molecule has 0 saturated carbocycles. The van der Waals surface area contributed by atoms with Crippen LogP contribution < -0.4 is 5.32 Å². The Kier molecular flexibility index (Phi) is 5.38. The molecule has 3 rings (SSSR count). The maximum absolute atomic E-state index is 13.7. The monoisotopic (exact) mass is 380 g/mol. The van der Waals surface area contributed by atoms with Crippen molar-refractivity contribution in [2.45, 2.75) is 19.4 Å². The summed E-state index contributed by atoms with van der Waals surface area (Å²) in [7, 11) is -3.21. The maximum atomic E-state index is 13.7. The van der Waals surface area contributed by atoms with Gasteiger partial charge in [0, 0.05) is 30.8 Å². The number of halogens is 1. The van der Waals surface area contributed by atoms with Crippen LogP contribution in [0.2, 0.25) is 0 Å². The van der Waals surface area contributed by atoms with Crippen LogP contribution in [0.5, 0.6) is 0 Å². The first kappa shape index (κ1) is 18.5. The summed E-state index contributed by atoms with van der Waals surface area (Å²) in [5, 5.41) is 6.94. The largest absolute Gasteiger partial charge is 0.323 e. The predicted molar refractivity (Wildman–Crippen MR) is 95.5 cm³/mol. The van der Waals surface area contributed by atoms with Crippen LogP contribution in [0, 0.1) is 11.7 Å². The van der Waals surface area contributed by atoms with Crippen molar-refractivity contribution < 1.29 is 17.6 Å². The van der Waals surface area contributed by atoms with E-state index in [1.807, 2.05) is 0 Å². The molecular formula is C17H21FN4O3S. The number of sulfonamides is 1. The molecule has 2 aromatic rings. The molecule has 1 fully saturated rings. The lowest BCUT2D eigenvalue weighted by Crippen LogP contribution is -2.40. The average molecular weight is 380 g/mol. The minimum atomic E-state index is -3.21. The summed E-state index contributed by atoms with van der Waals surface area (Å²) in [6, 6.07) is 6.46.